The Morgan fingerprint density at radius 2 is 2.05 bits per heavy atom. The van der Waals surface area contributed by atoms with Gasteiger partial charge in [-0.2, -0.15) is 0 Å². The predicted molar refractivity (Wildman–Crippen MR) is 87.7 cm³/mol. The standard InChI is InChI=1S/C14H23N5OS/c1-3-18(4-2)11-16-14(21)12-9-15-10-13(17-12)19-5-7-20-8-6-19/h9-10H,3-8,11H2,1-2H3,(H,16,21). The smallest absolute Gasteiger partial charge is 0.148 e. The maximum atomic E-state index is 5.41. The van der Waals surface area contributed by atoms with Gasteiger partial charge in [0, 0.05) is 13.1 Å². The third-order valence-corrected chi connectivity index (χ3v) is 3.90. The molecule has 0 atom stereocenters. The second-order valence-electron chi connectivity index (χ2n) is 4.83. The quantitative estimate of drug-likeness (QED) is 0.618. The number of hydrogen-bond acceptors (Lipinski definition) is 6. The lowest BCUT2D eigenvalue weighted by atomic mass is 10.4. The summed E-state index contributed by atoms with van der Waals surface area (Å²) < 4.78 is 5.35. The highest BCUT2D eigenvalue weighted by Crippen LogP contribution is 2.11. The van der Waals surface area contributed by atoms with Gasteiger partial charge in [0.05, 0.1) is 32.3 Å². The van der Waals surface area contributed by atoms with Gasteiger partial charge in [-0.05, 0) is 13.1 Å². The van der Waals surface area contributed by atoms with Gasteiger partial charge in [0.15, 0.2) is 0 Å². The molecule has 0 aliphatic carbocycles. The molecule has 1 N–H and O–H groups in total. The minimum absolute atomic E-state index is 0.643. The molecule has 0 saturated carbocycles. The third kappa shape index (κ3) is 4.59. The van der Waals surface area contributed by atoms with Crippen molar-refractivity contribution in [3.05, 3.63) is 18.1 Å². The summed E-state index contributed by atoms with van der Waals surface area (Å²) in [5, 5.41) is 3.24. The molecule has 0 spiro atoms. The number of rotatable bonds is 6. The van der Waals surface area contributed by atoms with Crippen LogP contribution < -0.4 is 10.2 Å². The van der Waals surface area contributed by atoms with Crippen molar-refractivity contribution in [2.24, 2.45) is 0 Å². The third-order valence-electron chi connectivity index (χ3n) is 3.55. The molecule has 0 unspecified atom stereocenters. The van der Waals surface area contributed by atoms with Gasteiger partial charge in [0.1, 0.15) is 16.5 Å². The van der Waals surface area contributed by atoms with Gasteiger partial charge in [0.25, 0.3) is 0 Å². The number of ether oxygens (including phenoxy) is 1. The zero-order valence-corrected chi connectivity index (χ0v) is 13.5. The summed E-state index contributed by atoms with van der Waals surface area (Å²) in [7, 11) is 0. The maximum absolute atomic E-state index is 5.41. The highest BCUT2D eigenvalue weighted by atomic mass is 32.1. The molecular formula is C14H23N5OS. The van der Waals surface area contributed by atoms with Crippen LogP contribution >= 0.6 is 12.2 Å². The van der Waals surface area contributed by atoms with E-state index >= 15 is 0 Å². The molecule has 6 nitrogen and oxygen atoms in total. The van der Waals surface area contributed by atoms with Crippen molar-refractivity contribution in [1.82, 2.24) is 20.2 Å². The van der Waals surface area contributed by atoms with Crippen LogP contribution in [0.1, 0.15) is 19.5 Å². The molecule has 1 fully saturated rings. The highest BCUT2D eigenvalue weighted by molar-refractivity contribution is 7.80. The van der Waals surface area contributed by atoms with E-state index in [9.17, 15) is 0 Å². The monoisotopic (exact) mass is 309 g/mol. The van der Waals surface area contributed by atoms with Crippen molar-refractivity contribution >= 4 is 23.0 Å². The molecule has 1 aliphatic rings. The van der Waals surface area contributed by atoms with Gasteiger partial charge in [0.2, 0.25) is 0 Å². The molecule has 2 heterocycles. The SMILES string of the molecule is CCN(CC)CNC(=S)c1cncc(N2CCOCC2)n1. The Hall–Kier alpha value is -1.31. The minimum Gasteiger partial charge on any atom is -0.378 e. The van der Waals surface area contributed by atoms with Gasteiger partial charge in [-0.25, -0.2) is 4.98 Å². The molecule has 7 heteroatoms. The lowest BCUT2D eigenvalue weighted by molar-refractivity contribution is 0.122. The summed E-state index contributed by atoms with van der Waals surface area (Å²) in [5.41, 5.74) is 0.723. The van der Waals surface area contributed by atoms with Crippen LogP contribution in [-0.2, 0) is 4.74 Å². The van der Waals surface area contributed by atoms with Crippen LogP contribution in [0.3, 0.4) is 0 Å². The zero-order chi connectivity index (χ0) is 15.1. The molecule has 21 heavy (non-hydrogen) atoms. The second kappa shape index (κ2) is 8.21. The van der Waals surface area contributed by atoms with Gasteiger partial charge in [-0.3, -0.25) is 9.88 Å². The van der Waals surface area contributed by atoms with Crippen LogP contribution in [0.5, 0.6) is 0 Å². The Labute approximate surface area is 131 Å². The molecule has 2 rings (SSSR count). The van der Waals surface area contributed by atoms with Crippen LogP contribution in [0.15, 0.2) is 12.4 Å². The lowest BCUT2D eigenvalue weighted by Gasteiger charge is -2.27. The average Bonchev–Trinajstić information content (AvgIpc) is 2.56. The van der Waals surface area contributed by atoms with E-state index in [1.807, 2.05) is 0 Å². The Morgan fingerprint density at radius 1 is 1.33 bits per heavy atom. The molecule has 1 aliphatic heterocycles. The van der Waals surface area contributed by atoms with E-state index in [0.29, 0.717) is 4.99 Å². The first-order chi connectivity index (χ1) is 10.2. The van der Waals surface area contributed by atoms with Gasteiger partial charge < -0.3 is 15.0 Å². The van der Waals surface area contributed by atoms with Crippen LogP contribution in [0.25, 0.3) is 0 Å². The summed E-state index contributed by atoms with van der Waals surface area (Å²) in [5.74, 6) is 0.864. The predicted octanol–water partition coefficient (Wildman–Crippen LogP) is 0.878. The average molecular weight is 309 g/mol. The summed E-state index contributed by atoms with van der Waals surface area (Å²) >= 11 is 5.41. The summed E-state index contributed by atoms with van der Waals surface area (Å²) in [6.45, 7) is 10.1. The Bertz CT molecular complexity index is 460. The van der Waals surface area contributed by atoms with Crippen molar-refractivity contribution < 1.29 is 4.74 Å². The Balaban J connectivity index is 1.97. The number of thiocarbonyl (C=S) groups is 1. The first-order valence-corrected chi connectivity index (χ1v) is 7.80. The molecule has 1 saturated heterocycles. The summed E-state index contributed by atoms with van der Waals surface area (Å²) in [4.78, 5) is 13.9. The first-order valence-electron chi connectivity index (χ1n) is 7.39. The van der Waals surface area contributed by atoms with E-state index in [1.165, 1.54) is 0 Å². The van der Waals surface area contributed by atoms with Crippen molar-refractivity contribution in [3.63, 3.8) is 0 Å². The van der Waals surface area contributed by atoms with Gasteiger partial charge >= 0.3 is 0 Å². The molecule has 0 aromatic carbocycles. The van der Waals surface area contributed by atoms with Crippen LogP contribution in [0.2, 0.25) is 0 Å². The van der Waals surface area contributed by atoms with Crippen molar-refractivity contribution in [2.45, 2.75) is 13.8 Å². The highest BCUT2D eigenvalue weighted by Gasteiger charge is 2.14. The lowest BCUT2D eigenvalue weighted by Crippen LogP contribution is -2.38. The van der Waals surface area contributed by atoms with Gasteiger partial charge in [-0.1, -0.05) is 26.1 Å². The molecule has 0 amide bonds. The van der Waals surface area contributed by atoms with Crippen LogP contribution in [-0.4, -0.2) is 65.9 Å². The maximum Gasteiger partial charge on any atom is 0.148 e. The zero-order valence-electron chi connectivity index (χ0n) is 12.7. The molecule has 0 bridgehead atoms. The van der Waals surface area contributed by atoms with E-state index in [2.05, 4.69) is 38.9 Å². The van der Waals surface area contributed by atoms with Crippen LogP contribution in [0, 0.1) is 0 Å². The number of anilines is 1. The van der Waals surface area contributed by atoms with E-state index in [1.54, 1.807) is 12.4 Å². The van der Waals surface area contributed by atoms with E-state index in [4.69, 9.17) is 17.0 Å². The van der Waals surface area contributed by atoms with E-state index in [0.717, 1.165) is 57.6 Å². The van der Waals surface area contributed by atoms with Crippen molar-refractivity contribution in [3.8, 4) is 0 Å². The fraction of sp³-hybridized carbons (Fsp3) is 0.643. The summed E-state index contributed by atoms with van der Waals surface area (Å²) in [6, 6.07) is 0. The first kappa shape index (κ1) is 16.1. The second-order valence-corrected chi connectivity index (χ2v) is 5.24. The van der Waals surface area contributed by atoms with E-state index in [-0.39, 0.29) is 0 Å². The number of aromatic nitrogens is 2. The molecule has 116 valence electrons. The number of nitrogens with zero attached hydrogens (tertiary/aromatic N) is 4. The van der Waals surface area contributed by atoms with Crippen molar-refractivity contribution in [1.29, 1.82) is 0 Å². The molecule has 0 radical (unpaired) electrons. The number of nitrogens with one attached hydrogen (secondary N) is 1. The molecule has 1 aromatic heterocycles. The Kier molecular flexibility index (Phi) is 6.28. The molecular weight excluding hydrogens is 286 g/mol. The summed E-state index contributed by atoms with van der Waals surface area (Å²) in [6.07, 6.45) is 3.49. The fourth-order valence-electron chi connectivity index (χ4n) is 2.13. The topological polar surface area (TPSA) is 53.5 Å². The molecule has 1 aromatic rings. The van der Waals surface area contributed by atoms with Gasteiger partial charge in [-0.15, -0.1) is 0 Å². The minimum atomic E-state index is 0.643. The normalized spacial score (nSPS) is 15.3. The fourth-order valence-corrected chi connectivity index (χ4v) is 2.29. The largest absolute Gasteiger partial charge is 0.378 e. The van der Waals surface area contributed by atoms with E-state index < -0.39 is 0 Å². The number of morpholine rings is 1. The number of hydrogen-bond donors (Lipinski definition) is 1. The van der Waals surface area contributed by atoms with Crippen molar-refractivity contribution in [2.75, 3.05) is 51.0 Å². The van der Waals surface area contributed by atoms with Crippen LogP contribution in [0.4, 0.5) is 5.82 Å². The Morgan fingerprint density at radius 3 is 2.71 bits per heavy atom.